The molecule has 0 bridgehead atoms. The third-order valence-electron chi connectivity index (χ3n) is 4.95. The van der Waals surface area contributed by atoms with Crippen LogP contribution in [0.15, 0.2) is 30.3 Å². The van der Waals surface area contributed by atoms with Crippen LogP contribution in [0.25, 0.3) is 0 Å². The van der Waals surface area contributed by atoms with Crippen molar-refractivity contribution in [2.24, 2.45) is 11.8 Å². The molecule has 0 saturated heterocycles. The van der Waals surface area contributed by atoms with Gasteiger partial charge in [0.15, 0.2) is 0 Å². The third-order valence-corrected chi connectivity index (χ3v) is 4.95. The summed E-state index contributed by atoms with van der Waals surface area (Å²) in [6.07, 6.45) is 3.61. The van der Waals surface area contributed by atoms with E-state index >= 15 is 0 Å². The molecule has 0 spiro atoms. The number of hydrogen-bond acceptors (Lipinski definition) is 3. The molecule has 1 fully saturated rings. The van der Waals surface area contributed by atoms with Gasteiger partial charge >= 0.3 is 0 Å². The summed E-state index contributed by atoms with van der Waals surface area (Å²) in [6, 6.07) is 10.1. The maximum atomic E-state index is 12.2. The summed E-state index contributed by atoms with van der Waals surface area (Å²) in [6.45, 7) is 6.29. The summed E-state index contributed by atoms with van der Waals surface area (Å²) in [4.78, 5) is 14.2. The molecule has 0 heterocycles. The van der Waals surface area contributed by atoms with E-state index < -0.39 is 0 Å². The summed E-state index contributed by atoms with van der Waals surface area (Å²) in [5.41, 5.74) is 0. The lowest BCUT2D eigenvalue weighted by molar-refractivity contribution is -0.123. The monoisotopic (exact) mass is 318 g/mol. The van der Waals surface area contributed by atoms with Gasteiger partial charge in [-0.25, -0.2) is 0 Å². The minimum Gasteiger partial charge on any atom is -0.492 e. The molecule has 128 valence electrons. The number of rotatable bonds is 7. The average Bonchev–Trinajstić information content (AvgIpc) is 2.53. The molecule has 0 aromatic heterocycles. The molecule has 0 radical (unpaired) electrons. The number of benzene rings is 1. The molecule has 1 amide bonds. The Morgan fingerprint density at radius 2 is 2.00 bits per heavy atom. The van der Waals surface area contributed by atoms with Gasteiger partial charge in [-0.1, -0.05) is 44.9 Å². The molecule has 1 aromatic carbocycles. The van der Waals surface area contributed by atoms with E-state index in [0.29, 0.717) is 31.0 Å². The lowest BCUT2D eigenvalue weighted by Gasteiger charge is -2.35. The van der Waals surface area contributed by atoms with E-state index in [4.69, 9.17) is 4.74 Å². The highest BCUT2D eigenvalue weighted by Crippen LogP contribution is 2.29. The van der Waals surface area contributed by atoms with E-state index in [-0.39, 0.29) is 5.91 Å². The summed E-state index contributed by atoms with van der Waals surface area (Å²) >= 11 is 0. The second kappa shape index (κ2) is 8.92. The first-order chi connectivity index (χ1) is 11.1. The molecular formula is C19H30N2O2. The molecule has 2 rings (SSSR count). The largest absolute Gasteiger partial charge is 0.492 e. The fourth-order valence-corrected chi connectivity index (χ4v) is 3.20. The van der Waals surface area contributed by atoms with E-state index in [2.05, 4.69) is 19.2 Å². The van der Waals surface area contributed by atoms with Gasteiger partial charge in [-0.15, -0.1) is 0 Å². The van der Waals surface area contributed by atoms with Gasteiger partial charge in [-0.3, -0.25) is 9.69 Å². The molecule has 1 saturated carbocycles. The van der Waals surface area contributed by atoms with Gasteiger partial charge < -0.3 is 10.1 Å². The van der Waals surface area contributed by atoms with Gasteiger partial charge in [0.1, 0.15) is 12.4 Å². The molecule has 1 aliphatic carbocycles. The fraction of sp³-hybridized carbons (Fsp3) is 0.632. The molecule has 3 atom stereocenters. The second-order valence-corrected chi connectivity index (χ2v) is 6.84. The van der Waals surface area contributed by atoms with Crippen LogP contribution >= 0.6 is 0 Å². The van der Waals surface area contributed by atoms with Gasteiger partial charge in [0, 0.05) is 12.6 Å². The Morgan fingerprint density at radius 1 is 1.26 bits per heavy atom. The second-order valence-electron chi connectivity index (χ2n) is 6.84. The Balaban J connectivity index is 1.66. The number of para-hydroxylation sites is 1. The zero-order chi connectivity index (χ0) is 16.7. The third kappa shape index (κ3) is 5.87. The van der Waals surface area contributed by atoms with Crippen LogP contribution in [0.1, 0.15) is 33.1 Å². The number of nitrogens with zero attached hydrogens (tertiary/aromatic N) is 1. The van der Waals surface area contributed by atoms with Crippen LogP contribution in [-0.2, 0) is 4.79 Å². The van der Waals surface area contributed by atoms with Gasteiger partial charge in [0.05, 0.1) is 6.54 Å². The number of carbonyl (C=O) groups excluding carboxylic acids is 1. The topological polar surface area (TPSA) is 41.6 Å². The van der Waals surface area contributed by atoms with Crippen molar-refractivity contribution in [2.75, 3.05) is 26.7 Å². The van der Waals surface area contributed by atoms with E-state index in [9.17, 15) is 4.79 Å². The maximum absolute atomic E-state index is 12.2. The number of amides is 1. The highest BCUT2D eigenvalue weighted by atomic mass is 16.5. The zero-order valence-corrected chi connectivity index (χ0v) is 14.6. The maximum Gasteiger partial charge on any atom is 0.234 e. The van der Waals surface area contributed by atoms with Crippen LogP contribution in [0, 0.1) is 11.8 Å². The Kier molecular flexibility index (Phi) is 6.90. The Labute approximate surface area is 140 Å². The van der Waals surface area contributed by atoms with Crippen molar-refractivity contribution in [3.63, 3.8) is 0 Å². The lowest BCUT2D eigenvalue weighted by atomic mass is 9.78. The average molecular weight is 318 g/mol. The van der Waals surface area contributed by atoms with Gasteiger partial charge in [-0.2, -0.15) is 0 Å². The van der Waals surface area contributed by atoms with Crippen molar-refractivity contribution in [2.45, 2.75) is 39.2 Å². The first-order valence-electron chi connectivity index (χ1n) is 8.72. The van der Waals surface area contributed by atoms with Crippen LogP contribution in [0.4, 0.5) is 0 Å². The van der Waals surface area contributed by atoms with Crippen LogP contribution in [-0.4, -0.2) is 43.6 Å². The van der Waals surface area contributed by atoms with Crippen molar-refractivity contribution in [3.8, 4) is 5.75 Å². The summed E-state index contributed by atoms with van der Waals surface area (Å²) in [7, 11) is 1.96. The molecule has 1 N–H and O–H groups in total. The van der Waals surface area contributed by atoms with Gasteiger partial charge in [0.25, 0.3) is 0 Å². The number of hydrogen-bond donors (Lipinski definition) is 1. The standard InChI is InChI=1S/C19H30N2O2/c1-15-8-7-11-18(16(15)2)20-19(22)14-21(3)12-13-23-17-9-5-4-6-10-17/h4-6,9-10,15-16,18H,7-8,11-14H2,1-3H3,(H,20,22)/t15-,16+,18-/m0/s1. The molecule has 0 unspecified atom stereocenters. The predicted octanol–water partition coefficient (Wildman–Crippen LogP) is 2.94. The summed E-state index contributed by atoms with van der Waals surface area (Å²) < 4.78 is 5.67. The normalized spacial score (nSPS) is 24.4. The number of ether oxygens (including phenoxy) is 1. The Bertz CT molecular complexity index is 478. The Hall–Kier alpha value is -1.55. The first kappa shape index (κ1) is 17.8. The highest BCUT2D eigenvalue weighted by molar-refractivity contribution is 5.78. The molecule has 4 heteroatoms. The van der Waals surface area contributed by atoms with E-state index in [1.54, 1.807) is 0 Å². The Morgan fingerprint density at radius 3 is 2.74 bits per heavy atom. The van der Waals surface area contributed by atoms with Crippen LogP contribution in [0.2, 0.25) is 0 Å². The number of carbonyl (C=O) groups is 1. The zero-order valence-electron chi connectivity index (χ0n) is 14.6. The lowest BCUT2D eigenvalue weighted by Crippen LogP contribution is -2.47. The molecule has 1 aliphatic rings. The number of likely N-dealkylation sites (N-methyl/N-ethyl adjacent to an activating group) is 1. The SMILES string of the molecule is C[C@H]1[C@@H](NC(=O)CN(C)CCOc2ccccc2)CCC[C@@H]1C. The molecular weight excluding hydrogens is 288 g/mol. The minimum atomic E-state index is 0.123. The van der Waals surface area contributed by atoms with E-state index in [1.807, 2.05) is 42.3 Å². The molecule has 0 aliphatic heterocycles. The van der Waals surface area contributed by atoms with Crippen LogP contribution < -0.4 is 10.1 Å². The predicted molar refractivity (Wildman–Crippen MR) is 93.5 cm³/mol. The van der Waals surface area contributed by atoms with Gasteiger partial charge in [-0.05, 0) is 37.4 Å². The minimum absolute atomic E-state index is 0.123. The highest BCUT2D eigenvalue weighted by Gasteiger charge is 2.28. The van der Waals surface area contributed by atoms with Gasteiger partial charge in [0.2, 0.25) is 5.91 Å². The van der Waals surface area contributed by atoms with Crippen molar-refractivity contribution in [3.05, 3.63) is 30.3 Å². The van der Waals surface area contributed by atoms with Crippen molar-refractivity contribution >= 4 is 5.91 Å². The summed E-state index contributed by atoms with van der Waals surface area (Å²) in [5, 5.41) is 3.22. The smallest absolute Gasteiger partial charge is 0.234 e. The molecule has 4 nitrogen and oxygen atoms in total. The van der Waals surface area contributed by atoms with Crippen molar-refractivity contribution in [1.29, 1.82) is 0 Å². The first-order valence-corrected chi connectivity index (χ1v) is 8.72. The van der Waals surface area contributed by atoms with Crippen molar-refractivity contribution < 1.29 is 9.53 Å². The van der Waals surface area contributed by atoms with Crippen molar-refractivity contribution in [1.82, 2.24) is 10.2 Å². The summed E-state index contributed by atoms with van der Waals surface area (Å²) in [5.74, 6) is 2.26. The fourth-order valence-electron chi connectivity index (χ4n) is 3.20. The molecule has 1 aromatic rings. The van der Waals surface area contributed by atoms with Crippen LogP contribution in [0.3, 0.4) is 0 Å². The van der Waals surface area contributed by atoms with E-state index in [1.165, 1.54) is 12.8 Å². The van der Waals surface area contributed by atoms with Crippen LogP contribution in [0.5, 0.6) is 5.75 Å². The van der Waals surface area contributed by atoms with E-state index in [0.717, 1.165) is 18.7 Å². The number of nitrogens with one attached hydrogen (secondary N) is 1. The quantitative estimate of drug-likeness (QED) is 0.840. The molecule has 23 heavy (non-hydrogen) atoms.